The average Bonchev–Trinajstić information content (AvgIpc) is 2.68. The van der Waals surface area contributed by atoms with Crippen molar-refractivity contribution in [2.24, 2.45) is 7.05 Å². The van der Waals surface area contributed by atoms with E-state index in [0.717, 1.165) is 5.56 Å². The molecular formula is C11H22N4O2S. The average molecular weight is 274 g/mol. The van der Waals surface area contributed by atoms with Gasteiger partial charge in [-0.05, 0) is 13.0 Å². The van der Waals surface area contributed by atoms with Crippen LogP contribution in [0.2, 0.25) is 0 Å². The topological polar surface area (TPSA) is 76.0 Å². The molecule has 0 radical (unpaired) electrons. The fraction of sp³-hybridized carbons (Fsp3) is 0.727. The zero-order valence-electron chi connectivity index (χ0n) is 11.2. The van der Waals surface area contributed by atoms with E-state index in [1.165, 1.54) is 0 Å². The van der Waals surface area contributed by atoms with E-state index in [1.807, 2.05) is 13.8 Å². The number of sulfonamides is 1. The fourth-order valence-corrected chi connectivity index (χ4v) is 2.54. The molecule has 1 aromatic rings. The van der Waals surface area contributed by atoms with Crippen LogP contribution in [0.15, 0.2) is 12.4 Å². The second kappa shape index (κ2) is 6.86. The molecule has 6 nitrogen and oxygen atoms in total. The van der Waals surface area contributed by atoms with Crippen LogP contribution >= 0.6 is 0 Å². The van der Waals surface area contributed by atoms with Gasteiger partial charge in [-0.1, -0.05) is 13.8 Å². The molecule has 104 valence electrons. The van der Waals surface area contributed by atoms with E-state index in [4.69, 9.17) is 0 Å². The highest BCUT2D eigenvalue weighted by Gasteiger charge is 2.10. The number of hydrogen-bond acceptors (Lipinski definition) is 4. The molecule has 1 rings (SSSR count). The van der Waals surface area contributed by atoms with E-state index in [9.17, 15) is 8.42 Å². The molecule has 0 aliphatic carbocycles. The zero-order chi connectivity index (χ0) is 13.6. The molecule has 0 aromatic carbocycles. The summed E-state index contributed by atoms with van der Waals surface area (Å²) in [6.07, 6.45) is 4.06. The summed E-state index contributed by atoms with van der Waals surface area (Å²) in [5.41, 5.74) is 0.862. The number of hydrogen-bond donors (Lipinski definition) is 2. The lowest BCUT2D eigenvalue weighted by molar-refractivity contribution is 0.561. The van der Waals surface area contributed by atoms with E-state index in [0.29, 0.717) is 25.6 Å². The standard InChI is InChI=1S/C11H22N4O2S/c1-10(2)12-5-4-6-18(16,17)14-8-11-7-13-15(3)9-11/h7,9-10,12,14H,4-6,8H2,1-3H3. The van der Waals surface area contributed by atoms with E-state index >= 15 is 0 Å². The first kappa shape index (κ1) is 15.1. The molecule has 1 aromatic heterocycles. The minimum absolute atomic E-state index is 0.146. The Hall–Kier alpha value is -0.920. The van der Waals surface area contributed by atoms with Gasteiger partial charge in [0, 0.05) is 31.4 Å². The normalized spacial score (nSPS) is 12.2. The lowest BCUT2D eigenvalue weighted by Gasteiger charge is -2.08. The first-order valence-corrected chi connectivity index (χ1v) is 7.72. The Bertz CT molecular complexity index is 453. The number of aromatic nitrogens is 2. The van der Waals surface area contributed by atoms with Gasteiger partial charge in [-0.15, -0.1) is 0 Å². The lowest BCUT2D eigenvalue weighted by atomic mass is 10.4. The summed E-state index contributed by atoms with van der Waals surface area (Å²) in [7, 11) is -1.39. The van der Waals surface area contributed by atoms with Crippen molar-refractivity contribution < 1.29 is 8.42 Å². The van der Waals surface area contributed by atoms with Gasteiger partial charge in [0.1, 0.15) is 0 Å². The second-order valence-corrected chi connectivity index (χ2v) is 6.55. The van der Waals surface area contributed by atoms with Crippen molar-refractivity contribution in [1.82, 2.24) is 19.8 Å². The second-order valence-electron chi connectivity index (χ2n) is 4.62. The van der Waals surface area contributed by atoms with Gasteiger partial charge in [0.05, 0.1) is 11.9 Å². The molecule has 0 saturated carbocycles. The summed E-state index contributed by atoms with van der Waals surface area (Å²) >= 11 is 0. The van der Waals surface area contributed by atoms with Crippen molar-refractivity contribution in [2.75, 3.05) is 12.3 Å². The molecule has 0 aliphatic rings. The highest BCUT2D eigenvalue weighted by molar-refractivity contribution is 7.89. The summed E-state index contributed by atoms with van der Waals surface area (Å²) in [6, 6.07) is 0.385. The molecule has 7 heteroatoms. The highest BCUT2D eigenvalue weighted by Crippen LogP contribution is 1.98. The van der Waals surface area contributed by atoms with Crippen molar-refractivity contribution in [3.05, 3.63) is 18.0 Å². The van der Waals surface area contributed by atoms with E-state index < -0.39 is 10.0 Å². The molecule has 1 heterocycles. The van der Waals surface area contributed by atoms with Crippen LogP contribution in [-0.2, 0) is 23.6 Å². The molecule has 0 unspecified atom stereocenters. The smallest absolute Gasteiger partial charge is 0.211 e. The van der Waals surface area contributed by atoms with E-state index in [-0.39, 0.29) is 5.75 Å². The summed E-state index contributed by atoms with van der Waals surface area (Å²) in [6.45, 7) is 5.09. The molecule has 2 N–H and O–H groups in total. The van der Waals surface area contributed by atoms with E-state index in [2.05, 4.69) is 15.1 Å². The Kier molecular flexibility index (Phi) is 5.77. The Morgan fingerprint density at radius 1 is 1.44 bits per heavy atom. The van der Waals surface area contributed by atoms with Gasteiger partial charge in [0.15, 0.2) is 0 Å². The summed E-state index contributed by atoms with van der Waals surface area (Å²) in [4.78, 5) is 0. The Morgan fingerprint density at radius 2 is 2.17 bits per heavy atom. The number of nitrogens with one attached hydrogen (secondary N) is 2. The van der Waals surface area contributed by atoms with Crippen LogP contribution in [-0.4, -0.2) is 36.5 Å². The third-order valence-corrected chi connectivity index (χ3v) is 3.81. The Balaban J connectivity index is 2.27. The van der Waals surface area contributed by atoms with Crippen LogP contribution in [0.3, 0.4) is 0 Å². The van der Waals surface area contributed by atoms with Gasteiger partial charge in [0.2, 0.25) is 10.0 Å². The van der Waals surface area contributed by atoms with Crippen molar-refractivity contribution in [1.29, 1.82) is 0 Å². The summed E-state index contributed by atoms with van der Waals surface area (Å²) < 4.78 is 27.6. The summed E-state index contributed by atoms with van der Waals surface area (Å²) in [5.74, 6) is 0.146. The monoisotopic (exact) mass is 274 g/mol. The first-order chi connectivity index (χ1) is 8.39. The third-order valence-electron chi connectivity index (χ3n) is 2.40. The van der Waals surface area contributed by atoms with Gasteiger partial charge in [-0.25, -0.2) is 13.1 Å². The number of aryl methyl sites for hydroxylation is 1. The van der Waals surface area contributed by atoms with Crippen molar-refractivity contribution in [3.63, 3.8) is 0 Å². The predicted octanol–water partition coefficient (Wildman–Crippen LogP) is 0.228. The number of rotatable bonds is 8. The van der Waals surface area contributed by atoms with Crippen LogP contribution < -0.4 is 10.0 Å². The van der Waals surface area contributed by atoms with Crippen LogP contribution in [0, 0.1) is 0 Å². The molecule has 0 spiro atoms. The van der Waals surface area contributed by atoms with Gasteiger partial charge in [0.25, 0.3) is 0 Å². The molecular weight excluding hydrogens is 252 g/mol. The summed E-state index contributed by atoms with van der Waals surface area (Å²) in [5, 5.41) is 7.17. The maximum absolute atomic E-state index is 11.7. The third kappa shape index (κ3) is 6.13. The van der Waals surface area contributed by atoms with Crippen LogP contribution in [0.1, 0.15) is 25.8 Å². The molecule has 18 heavy (non-hydrogen) atoms. The van der Waals surface area contributed by atoms with Gasteiger partial charge in [-0.3, -0.25) is 4.68 Å². The van der Waals surface area contributed by atoms with Gasteiger partial charge < -0.3 is 5.32 Å². The molecule has 0 aliphatic heterocycles. The van der Waals surface area contributed by atoms with E-state index in [1.54, 1.807) is 24.1 Å². The van der Waals surface area contributed by atoms with Crippen molar-refractivity contribution >= 4 is 10.0 Å². The van der Waals surface area contributed by atoms with Crippen molar-refractivity contribution in [2.45, 2.75) is 32.9 Å². The zero-order valence-corrected chi connectivity index (χ0v) is 12.0. The fourth-order valence-electron chi connectivity index (χ4n) is 1.48. The minimum atomic E-state index is -3.20. The van der Waals surface area contributed by atoms with Crippen LogP contribution in [0.5, 0.6) is 0 Å². The Morgan fingerprint density at radius 3 is 2.72 bits per heavy atom. The molecule has 0 fully saturated rings. The van der Waals surface area contributed by atoms with Crippen molar-refractivity contribution in [3.8, 4) is 0 Å². The maximum Gasteiger partial charge on any atom is 0.211 e. The lowest BCUT2D eigenvalue weighted by Crippen LogP contribution is -2.29. The number of nitrogens with zero attached hydrogens (tertiary/aromatic N) is 2. The predicted molar refractivity (Wildman–Crippen MR) is 71.6 cm³/mol. The molecule has 0 atom stereocenters. The minimum Gasteiger partial charge on any atom is -0.314 e. The quantitative estimate of drug-likeness (QED) is 0.665. The largest absolute Gasteiger partial charge is 0.314 e. The molecule has 0 saturated heterocycles. The molecule has 0 bridgehead atoms. The van der Waals surface area contributed by atoms with Crippen LogP contribution in [0.4, 0.5) is 0 Å². The van der Waals surface area contributed by atoms with Gasteiger partial charge in [-0.2, -0.15) is 5.10 Å². The van der Waals surface area contributed by atoms with Crippen LogP contribution in [0.25, 0.3) is 0 Å². The SMILES string of the molecule is CC(C)NCCCS(=O)(=O)NCc1cnn(C)c1. The molecule has 0 amide bonds. The maximum atomic E-state index is 11.7. The highest BCUT2D eigenvalue weighted by atomic mass is 32.2. The van der Waals surface area contributed by atoms with Gasteiger partial charge >= 0.3 is 0 Å². The Labute approximate surface area is 109 Å². The first-order valence-electron chi connectivity index (χ1n) is 6.07.